The van der Waals surface area contributed by atoms with Gasteiger partial charge >= 0.3 is 0 Å². The van der Waals surface area contributed by atoms with Crippen molar-refractivity contribution >= 4 is 11.8 Å². The van der Waals surface area contributed by atoms with Gasteiger partial charge in [0.1, 0.15) is 6.23 Å². The molecular weight excluding hydrogens is 468 g/mol. The average Bonchev–Trinajstić information content (AvgIpc) is 3.63. The van der Waals surface area contributed by atoms with Crippen LogP contribution in [0.15, 0.2) is 46.0 Å². The number of hydrogen-bond donors (Lipinski definition) is 1. The van der Waals surface area contributed by atoms with Gasteiger partial charge in [0.25, 0.3) is 0 Å². The molecule has 2 aromatic rings. The summed E-state index contributed by atoms with van der Waals surface area (Å²) in [6.07, 6.45) is 18.1. The maximum Gasteiger partial charge on any atom is 0.109 e. The zero-order valence-electron chi connectivity index (χ0n) is 21.9. The Morgan fingerprint density at radius 2 is 1.58 bits per heavy atom. The van der Waals surface area contributed by atoms with Crippen LogP contribution in [0.4, 0.5) is 0 Å². The molecule has 7 rings (SSSR count). The Morgan fingerprint density at radius 1 is 0.889 bits per heavy atom. The van der Waals surface area contributed by atoms with Crippen LogP contribution >= 0.6 is 11.8 Å². The van der Waals surface area contributed by atoms with E-state index in [1.807, 2.05) is 18.8 Å². The first-order chi connectivity index (χ1) is 17.5. The number of thioether (sulfide) groups is 1. The Kier molecular flexibility index (Phi) is 5.92. The first-order valence-corrected chi connectivity index (χ1v) is 15.3. The summed E-state index contributed by atoms with van der Waals surface area (Å²) in [4.78, 5) is 5.35. The topological polar surface area (TPSA) is 53.0 Å². The molecule has 5 nitrogen and oxygen atoms in total. The molecular formula is C30H42N2O3S. The maximum atomic E-state index is 11.7. The Hall–Kier alpha value is -1.21. The second kappa shape index (κ2) is 8.93. The fraction of sp³-hybridized carbons (Fsp3) is 0.733. The van der Waals surface area contributed by atoms with E-state index in [-0.39, 0.29) is 11.0 Å². The summed E-state index contributed by atoms with van der Waals surface area (Å²) in [7, 11) is 0. The lowest BCUT2D eigenvalue weighted by Crippen LogP contribution is -2.60. The number of piperidine rings is 4. The molecule has 5 fully saturated rings. The molecule has 36 heavy (non-hydrogen) atoms. The zero-order valence-corrected chi connectivity index (χ0v) is 22.7. The van der Waals surface area contributed by atoms with E-state index in [0.717, 1.165) is 18.8 Å². The van der Waals surface area contributed by atoms with Crippen LogP contribution in [0.2, 0.25) is 0 Å². The van der Waals surface area contributed by atoms with Crippen LogP contribution in [0.5, 0.6) is 0 Å². The number of aliphatic hydroxyl groups is 1. The van der Waals surface area contributed by atoms with Crippen molar-refractivity contribution in [3.63, 3.8) is 0 Å². The van der Waals surface area contributed by atoms with Crippen molar-refractivity contribution in [3.8, 4) is 0 Å². The van der Waals surface area contributed by atoms with Crippen LogP contribution < -0.4 is 0 Å². The highest BCUT2D eigenvalue weighted by Gasteiger charge is 2.58. The third kappa shape index (κ3) is 3.85. The first-order valence-electron chi connectivity index (χ1n) is 14.4. The molecule has 6 heteroatoms. The molecule has 2 aromatic heterocycles. The van der Waals surface area contributed by atoms with Crippen molar-refractivity contribution in [3.05, 3.63) is 48.3 Å². The fourth-order valence-corrected chi connectivity index (χ4v) is 11.0. The smallest absolute Gasteiger partial charge is 0.109 e. The lowest BCUT2D eigenvalue weighted by atomic mass is 9.66. The molecule has 5 aliphatic heterocycles. The van der Waals surface area contributed by atoms with Gasteiger partial charge in [-0.15, -0.1) is 0 Å². The minimum atomic E-state index is -0.362. The Bertz CT molecular complexity index is 1040. The molecule has 0 aliphatic carbocycles. The first kappa shape index (κ1) is 23.9. The number of fused-ring (bicyclic) bond motifs is 2. The van der Waals surface area contributed by atoms with E-state index in [1.54, 1.807) is 6.26 Å². The number of aliphatic hydroxyl groups excluding tert-OH is 1. The molecule has 9 atom stereocenters. The second-order valence-corrected chi connectivity index (χ2v) is 14.5. The molecule has 0 radical (unpaired) electrons. The van der Waals surface area contributed by atoms with Gasteiger partial charge in [0.2, 0.25) is 0 Å². The molecule has 2 unspecified atom stereocenters. The average molecular weight is 511 g/mol. The van der Waals surface area contributed by atoms with Crippen LogP contribution in [0.25, 0.3) is 0 Å². The summed E-state index contributed by atoms with van der Waals surface area (Å²) in [6.45, 7) is 6.10. The normalized spacial score (nSPS) is 45.7. The molecule has 2 spiro atoms. The van der Waals surface area contributed by atoms with Crippen molar-refractivity contribution in [1.82, 2.24) is 9.80 Å². The standard InChI is InChI=1S/C30H42N2O3S/c1-20-3-5-25(22-8-11-34-15-22)31-18-29(10-7-24(20)31)17-30(36-19-29)13-27-21(2)4-6-26(23-9-12-35-16-23)32(27)28(33)14-30/h8-9,11-12,15-16,20-21,24-28,33H,3-7,10,13-14,17-19H2,1-2H3/t20-,21-,24+,25?,26?,27+,28-,29+,30+/m1/s1. The third-order valence-corrected chi connectivity index (χ3v) is 12.7. The summed E-state index contributed by atoms with van der Waals surface area (Å²) < 4.78 is 11.2. The van der Waals surface area contributed by atoms with Gasteiger partial charge in [0, 0.05) is 58.8 Å². The number of furan rings is 2. The highest BCUT2D eigenvalue weighted by molar-refractivity contribution is 8.01. The van der Waals surface area contributed by atoms with Crippen LogP contribution in [-0.2, 0) is 0 Å². The molecule has 0 saturated carbocycles. The van der Waals surface area contributed by atoms with Crippen molar-refractivity contribution in [2.45, 2.75) is 107 Å². The van der Waals surface area contributed by atoms with Crippen molar-refractivity contribution in [1.29, 1.82) is 0 Å². The molecule has 0 bridgehead atoms. The van der Waals surface area contributed by atoms with Gasteiger partial charge in [-0.3, -0.25) is 9.80 Å². The summed E-state index contributed by atoms with van der Waals surface area (Å²) >= 11 is 2.22. The molecule has 1 N–H and O–H groups in total. The Balaban J connectivity index is 1.13. The van der Waals surface area contributed by atoms with Crippen molar-refractivity contribution < 1.29 is 13.9 Å². The Morgan fingerprint density at radius 3 is 2.31 bits per heavy atom. The summed E-state index contributed by atoms with van der Waals surface area (Å²) in [5, 5.41) is 11.7. The van der Waals surface area contributed by atoms with Gasteiger partial charge in [0.15, 0.2) is 0 Å². The van der Waals surface area contributed by atoms with Gasteiger partial charge in [-0.1, -0.05) is 13.8 Å². The van der Waals surface area contributed by atoms with E-state index in [1.165, 1.54) is 68.4 Å². The summed E-state index contributed by atoms with van der Waals surface area (Å²) in [6, 6.07) is 6.24. The van der Waals surface area contributed by atoms with Crippen LogP contribution in [-0.4, -0.2) is 50.3 Å². The Labute approximate surface area is 220 Å². The molecule has 5 saturated heterocycles. The van der Waals surface area contributed by atoms with Crippen molar-refractivity contribution in [2.24, 2.45) is 17.3 Å². The van der Waals surface area contributed by atoms with Crippen LogP contribution in [0.1, 0.15) is 94.8 Å². The second-order valence-electron chi connectivity index (χ2n) is 13.1. The van der Waals surface area contributed by atoms with Crippen molar-refractivity contribution in [2.75, 3.05) is 12.3 Å². The predicted molar refractivity (Wildman–Crippen MR) is 143 cm³/mol. The quantitative estimate of drug-likeness (QED) is 0.490. The van der Waals surface area contributed by atoms with Gasteiger partial charge in [-0.2, -0.15) is 11.8 Å². The van der Waals surface area contributed by atoms with E-state index in [2.05, 4.69) is 47.5 Å². The van der Waals surface area contributed by atoms with Crippen LogP contribution in [0.3, 0.4) is 0 Å². The third-order valence-electron chi connectivity index (χ3n) is 10.9. The summed E-state index contributed by atoms with van der Waals surface area (Å²) in [5.74, 6) is 2.66. The molecule has 5 aliphatic rings. The molecule has 7 heterocycles. The largest absolute Gasteiger partial charge is 0.472 e. The van der Waals surface area contributed by atoms with Crippen LogP contribution in [0, 0.1) is 17.3 Å². The minimum absolute atomic E-state index is 0.215. The van der Waals surface area contributed by atoms with E-state index < -0.39 is 0 Å². The molecule has 0 aromatic carbocycles. The van der Waals surface area contributed by atoms with Gasteiger partial charge in [-0.05, 0) is 80.8 Å². The molecule has 196 valence electrons. The minimum Gasteiger partial charge on any atom is -0.472 e. The number of rotatable bonds is 2. The van der Waals surface area contributed by atoms with Gasteiger partial charge in [-0.25, -0.2) is 0 Å². The summed E-state index contributed by atoms with van der Waals surface area (Å²) in [5.41, 5.74) is 2.99. The highest BCUT2D eigenvalue weighted by atomic mass is 32.2. The lowest BCUT2D eigenvalue weighted by Gasteiger charge is -2.56. The predicted octanol–water partition coefficient (Wildman–Crippen LogP) is 6.62. The van der Waals surface area contributed by atoms with E-state index >= 15 is 0 Å². The highest BCUT2D eigenvalue weighted by Crippen LogP contribution is 2.62. The van der Waals surface area contributed by atoms with E-state index in [4.69, 9.17) is 8.83 Å². The SMILES string of the molecule is C[C@@H]1CCC(c2ccoc2)N2C[C@@]3(CC[C@@H]12)CS[C@@]1(C[C@@H](O)N2C(c4ccoc4)CC[C@@H](C)[C@@H]2C1)C3. The van der Waals surface area contributed by atoms with Gasteiger partial charge in [0.05, 0.1) is 25.1 Å². The van der Waals surface area contributed by atoms with E-state index in [0.29, 0.717) is 35.5 Å². The fourth-order valence-electron chi connectivity index (χ4n) is 9.10. The zero-order chi connectivity index (χ0) is 24.5. The lowest BCUT2D eigenvalue weighted by molar-refractivity contribution is -0.130. The van der Waals surface area contributed by atoms with Gasteiger partial charge < -0.3 is 13.9 Å². The van der Waals surface area contributed by atoms with E-state index in [9.17, 15) is 5.11 Å². The number of nitrogens with zero attached hydrogens (tertiary/aromatic N) is 2. The monoisotopic (exact) mass is 510 g/mol. The number of hydrogen-bond acceptors (Lipinski definition) is 6. The molecule has 0 amide bonds. The maximum absolute atomic E-state index is 11.7.